The van der Waals surface area contributed by atoms with Gasteiger partial charge in [0.15, 0.2) is 11.6 Å². The summed E-state index contributed by atoms with van der Waals surface area (Å²) >= 11 is 0. The van der Waals surface area contributed by atoms with Gasteiger partial charge in [0.2, 0.25) is 21.8 Å². The molecular formula is C30H35F2N3O4S. The molecule has 0 radical (unpaired) electrons. The number of rotatable bonds is 12. The minimum absolute atomic E-state index is 0.0291. The van der Waals surface area contributed by atoms with E-state index in [1.165, 1.54) is 4.90 Å². The van der Waals surface area contributed by atoms with Crippen molar-refractivity contribution in [3.8, 4) is 0 Å². The Labute approximate surface area is 234 Å². The Morgan fingerprint density at radius 2 is 1.60 bits per heavy atom. The first-order valence-corrected chi connectivity index (χ1v) is 14.9. The Morgan fingerprint density at radius 3 is 2.20 bits per heavy atom. The molecule has 0 heterocycles. The number of amides is 2. The number of carbonyl (C=O) groups excluding carboxylic acids is 2. The minimum atomic E-state index is -4.09. The van der Waals surface area contributed by atoms with E-state index in [-0.39, 0.29) is 30.6 Å². The van der Waals surface area contributed by atoms with Crippen molar-refractivity contribution in [1.29, 1.82) is 0 Å². The van der Waals surface area contributed by atoms with Crippen molar-refractivity contribution in [2.45, 2.75) is 52.2 Å². The van der Waals surface area contributed by atoms with Gasteiger partial charge in [0.25, 0.3) is 0 Å². The van der Waals surface area contributed by atoms with Crippen LogP contribution in [0.5, 0.6) is 0 Å². The number of halogens is 2. The fraction of sp³-hybridized carbons (Fsp3) is 0.333. The summed E-state index contributed by atoms with van der Waals surface area (Å²) in [6, 6.07) is 18.2. The second kappa shape index (κ2) is 13.5. The molecule has 0 aliphatic carbocycles. The van der Waals surface area contributed by atoms with Gasteiger partial charge in [-0.15, -0.1) is 0 Å². The van der Waals surface area contributed by atoms with E-state index < -0.39 is 40.2 Å². The highest BCUT2D eigenvalue weighted by atomic mass is 32.2. The van der Waals surface area contributed by atoms with Gasteiger partial charge in [-0.1, -0.05) is 67.1 Å². The van der Waals surface area contributed by atoms with Crippen molar-refractivity contribution in [2.75, 3.05) is 17.1 Å². The summed E-state index contributed by atoms with van der Waals surface area (Å²) in [5.74, 6) is -3.44. The van der Waals surface area contributed by atoms with Gasteiger partial charge >= 0.3 is 0 Å². The third-order valence-corrected chi connectivity index (χ3v) is 7.72. The predicted octanol–water partition coefficient (Wildman–Crippen LogP) is 4.59. The summed E-state index contributed by atoms with van der Waals surface area (Å²) in [4.78, 5) is 29.0. The SMILES string of the molecule is CC[C@H](C)NC(=O)[C@@H](Cc1ccccc1)N(Cc1cccc(C)c1)C(=O)CN(c1ccc(F)c(F)c1)S(C)(=O)=O. The molecule has 0 aliphatic rings. The summed E-state index contributed by atoms with van der Waals surface area (Å²) in [6.07, 6.45) is 1.74. The highest BCUT2D eigenvalue weighted by Crippen LogP contribution is 2.22. The molecule has 0 saturated carbocycles. The Morgan fingerprint density at radius 1 is 0.925 bits per heavy atom. The number of sulfonamides is 1. The minimum Gasteiger partial charge on any atom is -0.352 e. The number of anilines is 1. The number of hydrogen-bond donors (Lipinski definition) is 1. The molecule has 3 rings (SSSR count). The van der Waals surface area contributed by atoms with E-state index >= 15 is 0 Å². The molecule has 3 aromatic carbocycles. The summed E-state index contributed by atoms with van der Waals surface area (Å²) in [5, 5.41) is 2.96. The van der Waals surface area contributed by atoms with Crippen LogP contribution in [0.25, 0.3) is 0 Å². The predicted molar refractivity (Wildman–Crippen MR) is 152 cm³/mol. The molecule has 3 aromatic rings. The molecule has 1 N–H and O–H groups in total. The Bertz CT molecular complexity index is 1430. The lowest BCUT2D eigenvalue weighted by atomic mass is 10.0. The molecule has 0 bridgehead atoms. The highest BCUT2D eigenvalue weighted by Gasteiger charge is 2.33. The third-order valence-electron chi connectivity index (χ3n) is 6.58. The average Bonchev–Trinajstić information content (AvgIpc) is 2.90. The monoisotopic (exact) mass is 571 g/mol. The second-order valence-corrected chi connectivity index (χ2v) is 11.8. The number of carbonyl (C=O) groups is 2. The van der Waals surface area contributed by atoms with Crippen LogP contribution in [-0.2, 0) is 32.6 Å². The summed E-state index contributed by atoms with van der Waals surface area (Å²) < 4.78 is 53.8. The van der Waals surface area contributed by atoms with E-state index in [0.717, 1.165) is 41.1 Å². The molecular weight excluding hydrogens is 536 g/mol. The zero-order valence-electron chi connectivity index (χ0n) is 23.1. The average molecular weight is 572 g/mol. The maximum absolute atomic E-state index is 14.0. The van der Waals surface area contributed by atoms with Gasteiger partial charge in [-0.25, -0.2) is 17.2 Å². The molecule has 2 amide bonds. The number of benzene rings is 3. The molecule has 0 unspecified atom stereocenters. The molecule has 0 fully saturated rings. The highest BCUT2D eigenvalue weighted by molar-refractivity contribution is 7.92. The van der Waals surface area contributed by atoms with Crippen molar-refractivity contribution in [3.63, 3.8) is 0 Å². The lowest BCUT2D eigenvalue weighted by molar-refractivity contribution is -0.140. The number of nitrogens with one attached hydrogen (secondary N) is 1. The van der Waals surface area contributed by atoms with Gasteiger partial charge in [0.1, 0.15) is 12.6 Å². The molecule has 2 atom stereocenters. The number of aryl methyl sites for hydroxylation is 1. The third kappa shape index (κ3) is 8.35. The molecule has 0 aromatic heterocycles. The van der Waals surface area contributed by atoms with Crippen LogP contribution in [0.1, 0.15) is 37.0 Å². The van der Waals surface area contributed by atoms with Gasteiger partial charge < -0.3 is 10.2 Å². The first-order valence-electron chi connectivity index (χ1n) is 13.0. The summed E-state index contributed by atoms with van der Waals surface area (Å²) in [5.41, 5.74) is 2.32. The quantitative estimate of drug-likeness (QED) is 0.345. The molecule has 0 spiro atoms. The lowest BCUT2D eigenvalue weighted by Crippen LogP contribution is -2.54. The Hall–Kier alpha value is -3.79. The van der Waals surface area contributed by atoms with Crippen LogP contribution in [0, 0.1) is 18.6 Å². The fourth-order valence-electron chi connectivity index (χ4n) is 4.26. The van der Waals surface area contributed by atoms with Crippen LogP contribution in [0.3, 0.4) is 0 Å². The largest absolute Gasteiger partial charge is 0.352 e. The van der Waals surface area contributed by atoms with Crippen LogP contribution in [0.15, 0.2) is 72.8 Å². The van der Waals surface area contributed by atoms with E-state index in [4.69, 9.17) is 0 Å². The van der Waals surface area contributed by atoms with Crippen molar-refractivity contribution >= 4 is 27.5 Å². The maximum atomic E-state index is 14.0. The standard InChI is InChI=1S/C30H35F2N3O4S/c1-5-22(3)33-30(37)28(17-23-11-7-6-8-12-23)34(19-24-13-9-10-21(2)16-24)29(36)20-35(40(4,38)39)25-14-15-26(31)27(32)18-25/h6-16,18,22,28H,5,17,19-20H2,1-4H3,(H,33,37)/t22-,28+/m0/s1. The van der Waals surface area contributed by atoms with Gasteiger partial charge in [-0.05, 0) is 43.5 Å². The zero-order chi connectivity index (χ0) is 29.4. The second-order valence-electron chi connectivity index (χ2n) is 9.90. The topological polar surface area (TPSA) is 86.8 Å². The van der Waals surface area contributed by atoms with Crippen LogP contribution in [0.2, 0.25) is 0 Å². The van der Waals surface area contributed by atoms with E-state index in [2.05, 4.69) is 5.32 Å². The first-order chi connectivity index (χ1) is 18.9. The van der Waals surface area contributed by atoms with Gasteiger partial charge in [0.05, 0.1) is 11.9 Å². The first kappa shape index (κ1) is 30.7. The van der Waals surface area contributed by atoms with Crippen LogP contribution < -0.4 is 9.62 Å². The van der Waals surface area contributed by atoms with Crippen molar-refractivity contribution in [3.05, 3.63) is 101 Å². The van der Waals surface area contributed by atoms with Crippen molar-refractivity contribution < 1.29 is 26.8 Å². The number of hydrogen-bond acceptors (Lipinski definition) is 4. The van der Waals surface area contributed by atoms with E-state index in [1.54, 1.807) is 0 Å². The molecule has 0 aliphatic heterocycles. The normalized spacial score (nSPS) is 12.8. The van der Waals surface area contributed by atoms with Gasteiger partial charge in [-0.2, -0.15) is 0 Å². The van der Waals surface area contributed by atoms with Gasteiger partial charge in [-0.3, -0.25) is 13.9 Å². The van der Waals surface area contributed by atoms with Gasteiger partial charge in [0, 0.05) is 25.1 Å². The molecule has 0 saturated heterocycles. The Balaban J connectivity index is 2.07. The molecule has 214 valence electrons. The Kier molecular flexibility index (Phi) is 10.4. The van der Waals surface area contributed by atoms with E-state index in [0.29, 0.717) is 10.7 Å². The van der Waals surface area contributed by atoms with E-state index in [9.17, 15) is 26.8 Å². The smallest absolute Gasteiger partial charge is 0.244 e. The van der Waals surface area contributed by atoms with Crippen LogP contribution >= 0.6 is 0 Å². The zero-order valence-corrected chi connectivity index (χ0v) is 23.9. The number of nitrogens with zero attached hydrogens (tertiary/aromatic N) is 2. The van der Waals surface area contributed by atoms with E-state index in [1.807, 2.05) is 75.4 Å². The maximum Gasteiger partial charge on any atom is 0.244 e. The van der Waals surface area contributed by atoms with Crippen molar-refractivity contribution in [2.24, 2.45) is 0 Å². The molecule has 7 nitrogen and oxygen atoms in total. The van der Waals surface area contributed by atoms with Crippen LogP contribution in [-0.4, -0.2) is 50.0 Å². The molecule has 10 heteroatoms. The fourth-order valence-corrected chi connectivity index (χ4v) is 5.10. The lowest BCUT2D eigenvalue weighted by Gasteiger charge is -2.34. The van der Waals surface area contributed by atoms with Crippen LogP contribution in [0.4, 0.5) is 14.5 Å². The summed E-state index contributed by atoms with van der Waals surface area (Å²) in [6.45, 7) is 5.01. The molecule has 40 heavy (non-hydrogen) atoms. The summed E-state index contributed by atoms with van der Waals surface area (Å²) in [7, 11) is -4.09. The van der Waals surface area contributed by atoms with Crippen molar-refractivity contribution in [1.82, 2.24) is 10.2 Å².